The first-order chi connectivity index (χ1) is 15.4. The van der Waals surface area contributed by atoms with Crippen LogP contribution in [0.4, 0.5) is 10.1 Å². The Kier molecular flexibility index (Phi) is 6.09. The third-order valence-corrected chi connectivity index (χ3v) is 5.11. The lowest BCUT2D eigenvalue weighted by Crippen LogP contribution is -2.42. The molecule has 1 amide bonds. The van der Waals surface area contributed by atoms with Crippen LogP contribution in [0.1, 0.15) is 5.56 Å². The molecule has 0 radical (unpaired) electrons. The van der Waals surface area contributed by atoms with Gasteiger partial charge in [0.15, 0.2) is 11.2 Å². The van der Waals surface area contributed by atoms with Gasteiger partial charge in [-0.15, -0.1) is 0 Å². The fraction of sp³-hybridized carbons (Fsp3) is 0.136. The van der Waals surface area contributed by atoms with Gasteiger partial charge in [0.2, 0.25) is 5.91 Å². The Morgan fingerprint density at radius 2 is 1.78 bits per heavy atom. The van der Waals surface area contributed by atoms with Gasteiger partial charge in [0.05, 0.1) is 5.02 Å². The van der Waals surface area contributed by atoms with Crippen LogP contribution in [0.25, 0.3) is 11.2 Å². The van der Waals surface area contributed by atoms with Crippen LogP contribution in [0, 0.1) is 5.82 Å². The summed E-state index contributed by atoms with van der Waals surface area (Å²) in [5, 5.41) is 2.41. The highest BCUT2D eigenvalue weighted by atomic mass is 35.5. The fourth-order valence-electron chi connectivity index (χ4n) is 3.27. The summed E-state index contributed by atoms with van der Waals surface area (Å²) in [5.74, 6) is -1.19. The monoisotopic (exact) mass is 453 g/mol. The fourth-order valence-corrected chi connectivity index (χ4v) is 3.45. The van der Waals surface area contributed by atoms with Crippen LogP contribution < -0.4 is 16.6 Å². The average Bonchev–Trinajstić information content (AvgIpc) is 2.80. The average molecular weight is 454 g/mol. The molecule has 0 atom stereocenters. The van der Waals surface area contributed by atoms with Crippen LogP contribution in [0.2, 0.25) is 5.02 Å². The summed E-state index contributed by atoms with van der Waals surface area (Å²) in [5.41, 5.74) is -0.0384. The number of carbonyl (C=O) groups excluding carboxylic acids is 1. The largest absolute Gasteiger partial charge is 0.333 e. The van der Waals surface area contributed by atoms with Crippen molar-refractivity contribution in [2.45, 2.75) is 19.5 Å². The summed E-state index contributed by atoms with van der Waals surface area (Å²) in [6, 6.07) is 13.1. The summed E-state index contributed by atoms with van der Waals surface area (Å²) >= 11 is 5.75. The molecule has 0 saturated heterocycles. The number of hydrogen-bond acceptors (Lipinski definition) is 5. The number of hydrogen-bond donors (Lipinski definition) is 1. The van der Waals surface area contributed by atoms with E-state index in [0.717, 1.165) is 20.8 Å². The van der Waals surface area contributed by atoms with E-state index in [1.807, 2.05) is 30.3 Å². The lowest BCUT2D eigenvalue weighted by Gasteiger charge is -2.13. The number of rotatable bonds is 6. The first kappa shape index (κ1) is 21.4. The van der Waals surface area contributed by atoms with Crippen molar-refractivity contribution in [1.82, 2.24) is 19.1 Å². The first-order valence-corrected chi connectivity index (χ1v) is 10.0. The summed E-state index contributed by atoms with van der Waals surface area (Å²) < 4.78 is 15.5. The van der Waals surface area contributed by atoms with Crippen molar-refractivity contribution in [1.29, 1.82) is 0 Å². The molecule has 0 aliphatic carbocycles. The molecule has 0 fully saturated rings. The molecule has 0 spiro atoms. The van der Waals surface area contributed by atoms with Crippen molar-refractivity contribution >= 4 is 34.4 Å². The van der Waals surface area contributed by atoms with E-state index in [1.165, 1.54) is 24.5 Å². The third-order valence-electron chi connectivity index (χ3n) is 4.82. The van der Waals surface area contributed by atoms with Crippen molar-refractivity contribution in [3.63, 3.8) is 0 Å². The Hall–Kier alpha value is -3.85. The number of benzene rings is 2. The molecule has 2 aromatic heterocycles. The Labute approximate surface area is 185 Å². The SMILES string of the molecule is O=C(Cn1c(=O)n(CCc2ccccc2)c(=O)c2nccnc21)Nc1ccc(F)c(Cl)c1. The van der Waals surface area contributed by atoms with E-state index in [9.17, 15) is 18.8 Å². The molecular weight excluding hydrogens is 437 g/mol. The van der Waals surface area contributed by atoms with E-state index in [4.69, 9.17) is 11.6 Å². The van der Waals surface area contributed by atoms with Crippen LogP contribution in [-0.2, 0) is 24.3 Å². The Morgan fingerprint density at radius 1 is 1.03 bits per heavy atom. The molecule has 32 heavy (non-hydrogen) atoms. The second-order valence-electron chi connectivity index (χ2n) is 6.97. The minimum Gasteiger partial charge on any atom is -0.324 e. The van der Waals surface area contributed by atoms with E-state index < -0.39 is 29.5 Å². The van der Waals surface area contributed by atoms with Gasteiger partial charge in [-0.25, -0.2) is 19.2 Å². The Balaban J connectivity index is 1.68. The van der Waals surface area contributed by atoms with Gasteiger partial charge in [-0.2, -0.15) is 0 Å². The van der Waals surface area contributed by atoms with Gasteiger partial charge < -0.3 is 5.32 Å². The van der Waals surface area contributed by atoms with Crippen molar-refractivity contribution in [2.75, 3.05) is 5.32 Å². The summed E-state index contributed by atoms with van der Waals surface area (Å²) in [6.07, 6.45) is 3.13. The first-order valence-electron chi connectivity index (χ1n) is 9.67. The van der Waals surface area contributed by atoms with E-state index in [0.29, 0.717) is 6.42 Å². The molecule has 2 aromatic carbocycles. The molecule has 0 aliphatic heterocycles. The minimum atomic E-state index is -0.675. The standard InChI is InChI=1S/C22H17ClFN5O3/c23-16-12-15(6-7-17(16)24)27-18(30)13-29-20-19(25-9-10-26-20)21(31)28(22(29)32)11-8-14-4-2-1-3-5-14/h1-7,9-10,12H,8,11,13H2,(H,27,30). The van der Waals surface area contributed by atoms with Crippen molar-refractivity contribution in [2.24, 2.45) is 0 Å². The molecule has 0 bridgehead atoms. The maximum atomic E-state index is 13.4. The van der Waals surface area contributed by atoms with Crippen LogP contribution in [-0.4, -0.2) is 25.0 Å². The van der Waals surface area contributed by atoms with Gasteiger partial charge >= 0.3 is 5.69 Å². The van der Waals surface area contributed by atoms with E-state index in [-0.39, 0.29) is 28.4 Å². The molecule has 2 heterocycles. The number of anilines is 1. The van der Waals surface area contributed by atoms with Crippen molar-refractivity contribution in [3.05, 3.63) is 98.2 Å². The molecule has 8 nitrogen and oxygen atoms in total. The third kappa shape index (κ3) is 4.42. The number of aryl methyl sites for hydroxylation is 1. The lowest BCUT2D eigenvalue weighted by atomic mass is 10.1. The van der Waals surface area contributed by atoms with E-state index in [1.54, 1.807) is 0 Å². The summed E-state index contributed by atoms with van der Waals surface area (Å²) in [4.78, 5) is 46.7. The maximum Gasteiger partial charge on any atom is 0.333 e. The number of amides is 1. The minimum absolute atomic E-state index is 0.00532. The number of nitrogens with one attached hydrogen (secondary N) is 1. The van der Waals surface area contributed by atoms with E-state index >= 15 is 0 Å². The quantitative estimate of drug-likeness (QED) is 0.484. The molecular formula is C22H17ClFN5O3. The highest BCUT2D eigenvalue weighted by molar-refractivity contribution is 6.31. The lowest BCUT2D eigenvalue weighted by molar-refractivity contribution is -0.116. The molecule has 0 unspecified atom stereocenters. The molecule has 0 saturated carbocycles. The highest BCUT2D eigenvalue weighted by Crippen LogP contribution is 2.19. The molecule has 4 aromatic rings. The predicted molar refractivity (Wildman–Crippen MR) is 118 cm³/mol. The van der Waals surface area contributed by atoms with E-state index in [2.05, 4.69) is 15.3 Å². The summed E-state index contributed by atoms with van der Waals surface area (Å²) in [7, 11) is 0. The second kappa shape index (κ2) is 9.11. The van der Waals surface area contributed by atoms with Gasteiger partial charge in [0, 0.05) is 24.6 Å². The summed E-state index contributed by atoms with van der Waals surface area (Å²) in [6.45, 7) is -0.308. The molecule has 10 heteroatoms. The normalized spacial score (nSPS) is 10.9. The van der Waals surface area contributed by atoms with Gasteiger partial charge in [-0.1, -0.05) is 41.9 Å². The molecule has 0 aliphatic rings. The van der Waals surface area contributed by atoms with Crippen LogP contribution in [0.15, 0.2) is 70.5 Å². The van der Waals surface area contributed by atoms with Gasteiger partial charge in [-0.3, -0.25) is 18.7 Å². The van der Waals surface area contributed by atoms with Gasteiger partial charge in [0.1, 0.15) is 12.4 Å². The highest BCUT2D eigenvalue weighted by Gasteiger charge is 2.17. The Morgan fingerprint density at radius 3 is 2.53 bits per heavy atom. The Bertz CT molecular complexity index is 1420. The molecule has 162 valence electrons. The zero-order valence-electron chi connectivity index (χ0n) is 16.7. The topological polar surface area (TPSA) is 98.9 Å². The number of nitrogens with zero attached hydrogens (tertiary/aromatic N) is 4. The number of aromatic nitrogens is 4. The van der Waals surface area contributed by atoms with Crippen LogP contribution in [0.5, 0.6) is 0 Å². The molecule has 1 N–H and O–H groups in total. The zero-order chi connectivity index (χ0) is 22.7. The zero-order valence-corrected chi connectivity index (χ0v) is 17.4. The van der Waals surface area contributed by atoms with Crippen LogP contribution >= 0.6 is 11.6 Å². The second-order valence-corrected chi connectivity index (χ2v) is 7.37. The predicted octanol–water partition coefficient (Wildman–Crippen LogP) is 2.63. The maximum absolute atomic E-state index is 13.4. The van der Waals surface area contributed by atoms with Crippen LogP contribution in [0.3, 0.4) is 0 Å². The van der Waals surface area contributed by atoms with Crippen molar-refractivity contribution in [3.8, 4) is 0 Å². The van der Waals surface area contributed by atoms with Gasteiger partial charge in [-0.05, 0) is 30.2 Å². The number of fused-ring (bicyclic) bond motifs is 1. The van der Waals surface area contributed by atoms with Gasteiger partial charge in [0.25, 0.3) is 5.56 Å². The smallest absolute Gasteiger partial charge is 0.324 e. The number of halogens is 2. The molecule has 4 rings (SSSR count). The number of carbonyl (C=O) groups is 1. The van der Waals surface area contributed by atoms with Crippen molar-refractivity contribution < 1.29 is 9.18 Å².